The van der Waals surface area contributed by atoms with Gasteiger partial charge in [0.25, 0.3) is 0 Å². The minimum Gasteiger partial charge on any atom is -0.486 e. The number of fused-ring (bicyclic) bond motifs is 1. The van der Waals surface area contributed by atoms with E-state index < -0.39 is 0 Å². The molecular formula is C17H20N2O2S. The van der Waals surface area contributed by atoms with Crippen molar-refractivity contribution in [2.45, 2.75) is 13.3 Å². The molecule has 1 N–H and O–H groups in total. The van der Waals surface area contributed by atoms with E-state index in [9.17, 15) is 0 Å². The number of ether oxygens (including phenoxy) is 2. The number of nitrogens with one attached hydrogen (secondary N) is 1. The minimum atomic E-state index is 0.604. The van der Waals surface area contributed by atoms with Crippen LogP contribution in [0.15, 0.2) is 30.9 Å². The number of rotatable bonds is 6. The highest BCUT2D eigenvalue weighted by molar-refractivity contribution is 7.12. The highest BCUT2D eigenvalue weighted by Gasteiger charge is 2.15. The molecule has 116 valence electrons. The lowest BCUT2D eigenvalue weighted by atomic mass is 10.1. The molecule has 1 aromatic carbocycles. The average molecular weight is 316 g/mol. The molecule has 22 heavy (non-hydrogen) atoms. The number of aromatic nitrogens is 1. The van der Waals surface area contributed by atoms with Crippen molar-refractivity contribution in [3.8, 4) is 22.8 Å². The number of aryl methyl sites for hydroxylation is 1. The molecule has 0 radical (unpaired) electrons. The molecule has 0 aliphatic carbocycles. The second-order valence-corrected chi connectivity index (χ2v) is 6.40. The smallest absolute Gasteiger partial charge is 0.162 e. The molecule has 0 unspecified atom stereocenters. The van der Waals surface area contributed by atoms with Crippen molar-refractivity contribution < 1.29 is 9.47 Å². The van der Waals surface area contributed by atoms with Crippen LogP contribution in [0.1, 0.15) is 9.88 Å². The topological polar surface area (TPSA) is 43.4 Å². The Kier molecular flexibility index (Phi) is 4.75. The molecule has 1 aliphatic heterocycles. The lowest BCUT2D eigenvalue weighted by molar-refractivity contribution is 0.171. The quantitative estimate of drug-likeness (QED) is 0.656. The summed E-state index contributed by atoms with van der Waals surface area (Å²) in [5.74, 6) is 1.63. The van der Waals surface area contributed by atoms with Crippen molar-refractivity contribution in [3.05, 3.63) is 40.7 Å². The maximum absolute atomic E-state index is 5.66. The lowest BCUT2D eigenvalue weighted by Crippen LogP contribution is -2.16. The Morgan fingerprint density at radius 3 is 2.95 bits per heavy atom. The Bertz CT molecular complexity index is 667. The third-order valence-electron chi connectivity index (χ3n) is 3.46. The monoisotopic (exact) mass is 316 g/mol. The molecule has 0 atom stereocenters. The first-order chi connectivity index (χ1) is 10.8. The normalized spacial score (nSPS) is 13.1. The van der Waals surface area contributed by atoms with Crippen LogP contribution < -0.4 is 14.8 Å². The zero-order valence-corrected chi connectivity index (χ0v) is 13.5. The molecule has 5 heteroatoms. The minimum absolute atomic E-state index is 0.604. The van der Waals surface area contributed by atoms with Gasteiger partial charge in [-0.05, 0) is 25.1 Å². The Balaban J connectivity index is 1.76. The van der Waals surface area contributed by atoms with Gasteiger partial charge in [0.05, 0.1) is 10.7 Å². The van der Waals surface area contributed by atoms with Crippen LogP contribution in [0, 0.1) is 6.92 Å². The van der Waals surface area contributed by atoms with E-state index in [0.29, 0.717) is 13.2 Å². The van der Waals surface area contributed by atoms with Crippen molar-refractivity contribution in [2.75, 3.05) is 26.3 Å². The SMILES string of the molecule is C=CCNCCc1nc(-c2ccc3c(c2)OCCO3)c(C)s1. The van der Waals surface area contributed by atoms with Gasteiger partial charge in [-0.2, -0.15) is 0 Å². The van der Waals surface area contributed by atoms with Crippen LogP contribution in [-0.2, 0) is 6.42 Å². The van der Waals surface area contributed by atoms with Crippen molar-refractivity contribution in [1.29, 1.82) is 0 Å². The molecule has 0 bridgehead atoms. The fourth-order valence-electron chi connectivity index (χ4n) is 2.42. The molecule has 2 heterocycles. The van der Waals surface area contributed by atoms with Crippen molar-refractivity contribution in [1.82, 2.24) is 10.3 Å². The molecule has 0 saturated carbocycles. The Labute approximate surface area is 134 Å². The summed E-state index contributed by atoms with van der Waals surface area (Å²) in [6, 6.07) is 6.04. The van der Waals surface area contributed by atoms with Crippen LogP contribution >= 0.6 is 11.3 Å². The van der Waals surface area contributed by atoms with Gasteiger partial charge >= 0.3 is 0 Å². The van der Waals surface area contributed by atoms with Gasteiger partial charge < -0.3 is 14.8 Å². The molecule has 0 spiro atoms. The van der Waals surface area contributed by atoms with Crippen LogP contribution in [0.2, 0.25) is 0 Å². The van der Waals surface area contributed by atoms with E-state index in [1.807, 2.05) is 18.2 Å². The summed E-state index contributed by atoms with van der Waals surface area (Å²) in [5, 5.41) is 4.46. The standard InChI is InChI=1S/C17H20N2O2S/c1-3-7-18-8-6-16-19-17(12(2)22-16)13-4-5-14-15(11-13)21-10-9-20-14/h3-5,11,18H,1,6-10H2,2H3. The number of hydrogen-bond donors (Lipinski definition) is 1. The molecule has 4 nitrogen and oxygen atoms in total. The second-order valence-electron chi connectivity index (χ2n) is 5.11. The Morgan fingerprint density at radius 2 is 2.14 bits per heavy atom. The van der Waals surface area contributed by atoms with Crippen LogP contribution in [0.4, 0.5) is 0 Å². The van der Waals surface area contributed by atoms with Gasteiger partial charge in [0.15, 0.2) is 11.5 Å². The van der Waals surface area contributed by atoms with Crippen molar-refractivity contribution >= 4 is 11.3 Å². The molecule has 3 rings (SSSR count). The molecule has 0 saturated heterocycles. The van der Waals surface area contributed by atoms with Crippen LogP contribution in [-0.4, -0.2) is 31.3 Å². The van der Waals surface area contributed by atoms with E-state index in [0.717, 1.165) is 47.3 Å². The first kappa shape index (κ1) is 15.1. The van der Waals surface area contributed by atoms with Gasteiger partial charge in [0, 0.05) is 30.0 Å². The Hall–Kier alpha value is -1.85. The van der Waals surface area contributed by atoms with Gasteiger partial charge in [0.1, 0.15) is 13.2 Å². The van der Waals surface area contributed by atoms with Crippen LogP contribution in [0.5, 0.6) is 11.5 Å². The summed E-state index contributed by atoms with van der Waals surface area (Å²) in [5.41, 5.74) is 2.13. The molecule has 1 aliphatic rings. The maximum atomic E-state index is 5.66. The summed E-state index contributed by atoms with van der Waals surface area (Å²) in [7, 11) is 0. The molecule has 0 fully saturated rings. The first-order valence-electron chi connectivity index (χ1n) is 7.46. The largest absolute Gasteiger partial charge is 0.486 e. The molecule has 0 amide bonds. The van der Waals surface area contributed by atoms with Gasteiger partial charge in [-0.1, -0.05) is 6.08 Å². The fourth-order valence-corrected chi connectivity index (χ4v) is 3.37. The molecule has 2 aromatic rings. The number of hydrogen-bond acceptors (Lipinski definition) is 5. The Morgan fingerprint density at radius 1 is 1.32 bits per heavy atom. The summed E-state index contributed by atoms with van der Waals surface area (Å²) in [6.45, 7) is 8.78. The van der Waals surface area contributed by atoms with Crippen LogP contribution in [0.3, 0.4) is 0 Å². The zero-order valence-electron chi connectivity index (χ0n) is 12.7. The molecule has 1 aromatic heterocycles. The second kappa shape index (κ2) is 6.94. The van der Waals surface area contributed by atoms with Crippen LogP contribution in [0.25, 0.3) is 11.3 Å². The van der Waals surface area contributed by atoms with E-state index in [2.05, 4.69) is 24.9 Å². The van der Waals surface area contributed by atoms with E-state index in [1.54, 1.807) is 11.3 Å². The number of benzene rings is 1. The van der Waals surface area contributed by atoms with Crippen molar-refractivity contribution in [3.63, 3.8) is 0 Å². The number of thiazole rings is 1. The van der Waals surface area contributed by atoms with Gasteiger partial charge in [-0.3, -0.25) is 0 Å². The lowest BCUT2D eigenvalue weighted by Gasteiger charge is -2.18. The summed E-state index contributed by atoms with van der Waals surface area (Å²) in [4.78, 5) is 6.01. The third kappa shape index (κ3) is 3.31. The van der Waals surface area contributed by atoms with Crippen molar-refractivity contribution in [2.24, 2.45) is 0 Å². The summed E-state index contributed by atoms with van der Waals surface area (Å²) in [6.07, 6.45) is 2.80. The van der Waals surface area contributed by atoms with Gasteiger partial charge in [-0.15, -0.1) is 17.9 Å². The number of nitrogens with zero attached hydrogens (tertiary/aromatic N) is 1. The van der Waals surface area contributed by atoms with E-state index in [-0.39, 0.29) is 0 Å². The van der Waals surface area contributed by atoms with Gasteiger partial charge in [-0.25, -0.2) is 4.98 Å². The predicted octanol–water partition coefficient (Wildman–Crippen LogP) is 3.21. The van der Waals surface area contributed by atoms with Gasteiger partial charge in [0.2, 0.25) is 0 Å². The highest BCUT2D eigenvalue weighted by Crippen LogP contribution is 2.36. The maximum Gasteiger partial charge on any atom is 0.162 e. The van der Waals surface area contributed by atoms with E-state index >= 15 is 0 Å². The molecular weight excluding hydrogens is 296 g/mol. The highest BCUT2D eigenvalue weighted by atomic mass is 32.1. The average Bonchev–Trinajstić information content (AvgIpc) is 2.92. The zero-order chi connectivity index (χ0) is 15.4. The van der Waals surface area contributed by atoms with E-state index in [4.69, 9.17) is 14.5 Å². The summed E-state index contributed by atoms with van der Waals surface area (Å²) < 4.78 is 11.2. The van der Waals surface area contributed by atoms with E-state index in [1.165, 1.54) is 4.88 Å². The predicted molar refractivity (Wildman–Crippen MR) is 90.0 cm³/mol. The summed E-state index contributed by atoms with van der Waals surface area (Å²) >= 11 is 1.76. The fraction of sp³-hybridized carbons (Fsp3) is 0.353. The third-order valence-corrected chi connectivity index (χ3v) is 4.49. The first-order valence-corrected chi connectivity index (χ1v) is 8.27.